The Balaban J connectivity index is 1.25. The smallest absolute Gasteiger partial charge is 0.429 e. The molecule has 11 nitrogen and oxygen atoms in total. The number of aliphatic carboxylic acids is 1. The molecule has 2 aromatic carbocycles. The van der Waals surface area contributed by atoms with E-state index in [0.717, 1.165) is 5.56 Å². The van der Waals surface area contributed by atoms with Gasteiger partial charge in [0.2, 0.25) is 17.9 Å². The standard InChI is InChI=1S/C36H40BrF3N6O5/c1-22(41)11-14-43-28-17-25(37)8-9-26(28)32(36(38,39)40)51-30-18-29(44-34(42)45-30)46-15-12-35(13-16-46)19-24(27(20-35)33(48)49)7-10-31(47)50-21-23-5-3-2-4-6-23/h2-6,8-9,11,14,17-18,24,27,32,41,43H,7,10,12-13,15-16,19-21H2,1H3,(H,48,49)(H2,42,44,45)/b14-11-,41-22?/t24?,27-,32-/m1/s1. The molecule has 3 atom stereocenters. The van der Waals surface area contributed by atoms with Gasteiger partial charge in [-0.05, 0) is 74.1 Å². The number of rotatable bonds is 13. The lowest BCUT2D eigenvalue weighted by Gasteiger charge is -2.40. The quantitative estimate of drug-likeness (QED) is 0.100. The highest BCUT2D eigenvalue weighted by Gasteiger charge is 2.49. The summed E-state index contributed by atoms with van der Waals surface area (Å²) in [5.41, 5.74) is 6.71. The van der Waals surface area contributed by atoms with Crippen molar-refractivity contribution >= 4 is 51.0 Å². The minimum Gasteiger partial charge on any atom is -0.481 e. The van der Waals surface area contributed by atoms with E-state index in [9.17, 15) is 27.9 Å². The number of nitrogens with zero attached hydrogens (tertiary/aromatic N) is 3. The summed E-state index contributed by atoms with van der Waals surface area (Å²) in [7, 11) is 0. The summed E-state index contributed by atoms with van der Waals surface area (Å²) < 4.78 is 55.0. The first-order chi connectivity index (χ1) is 24.2. The summed E-state index contributed by atoms with van der Waals surface area (Å²) >= 11 is 3.29. The van der Waals surface area contributed by atoms with E-state index >= 15 is 0 Å². The third kappa shape index (κ3) is 9.99. The van der Waals surface area contributed by atoms with Gasteiger partial charge in [-0.15, -0.1) is 0 Å². The Morgan fingerprint density at radius 3 is 2.55 bits per heavy atom. The van der Waals surface area contributed by atoms with Crippen molar-refractivity contribution in [1.82, 2.24) is 9.97 Å². The molecule has 0 amide bonds. The number of alkyl halides is 3. The van der Waals surface area contributed by atoms with E-state index in [2.05, 4.69) is 31.2 Å². The van der Waals surface area contributed by atoms with Crippen LogP contribution in [-0.4, -0.2) is 52.0 Å². The molecule has 5 N–H and O–H groups in total. The number of piperidine rings is 1. The van der Waals surface area contributed by atoms with E-state index in [1.54, 1.807) is 0 Å². The van der Waals surface area contributed by atoms with Gasteiger partial charge < -0.3 is 35.9 Å². The summed E-state index contributed by atoms with van der Waals surface area (Å²) in [6.45, 7) is 2.63. The Hall–Kier alpha value is -4.66. The summed E-state index contributed by atoms with van der Waals surface area (Å²) in [5.74, 6) is -2.33. The maximum Gasteiger partial charge on any atom is 0.429 e. The second-order valence-electron chi connectivity index (χ2n) is 13.1. The highest BCUT2D eigenvalue weighted by atomic mass is 79.9. The lowest BCUT2D eigenvalue weighted by Crippen LogP contribution is -2.40. The number of halogens is 4. The average Bonchev–Trinajstić information content (AvgIpc) is 3.43. The van der Waals surface area contributed by atoms with Crippen LogP contribution < -0.4 is 20.7 Å². The van der Waals surface area contributed by atoms with E-state index < -0.39 is 24.2 Å². The van der Waals surface area contributed by atoms with Crippen molar-refractivity contribution < 1.29 is 37.3 Å². The zero-order valence-corrected chi connectivity index (χ0v) is 29.5. The van der Waals surface area contributed by atoms with Gasteiger partial charge in [0.25, 0.3) is 0 Å². The van der Waals surface area contributed by atoms with Crippen LogP contribution >= 0.6 is 15.9 Å². The molecule has 1 aliphatic heterocycles. The van der Waals surface area contributed by atoms with Gasteiger partial charge in [0.05, 0.1) is 5.92 Å². The topological polar surface area (TPSA) is 164 Å². The van der Waals surface area contributed by atoms with Crippen molar-refractivity contribution in [3.8, 4) is 5.88 Å². The molecule has 1 saturated heterocycles. The lowest BCUT2D eigenvalue weighted by atomic mass is 9.76. The Labute approximate surface area is 302 Å². The Morgan fingerprint density at radius 2 is 1.88 bits per heavy atom. The van der Waals surface area contributed by atoms with Crippen molar-refractivity contribution in [2.45, 2.75) is 64.3 Å². The van der Waals surface area contributed by atoms with Crippen molar-refractivity contribution in [3.63, 3.8) is 0 Å². The molecule has 1 aliphatic carbocycles. The van der Waals surface area contributed by atoms with Gasteiger partial charge in [0.15, 0.2) is 0 Å². The van der Waals surface area contributed by atoms with Crippen LogP contribution in [0.25, 0.3) is 0 Å². The molecular formula is C36H40BrF3N6O5. The summed E-state index contributed by atoms with van der Waals surface area (Å²) in [6.07, 6.45) is -1.53. The fraction of sp³-hybridized carbons (Fsp3) is 0.417. The van der Waals surface area contributed by atoms with Crippen LogP contribution in [0.5, 0.6) is 5.88 Å². The number of carbonyl (C=O) groups excluding carboxylic acids is 1. The number of carboxylic acid groups (broad SMARTS) is 1. The second kappa shape index (κ2) is 16.1. The Bertz CT molecular complexity index is 1750. The van der Waals surface area contributed by atoms with Crippen LogP contribution in [0.4, 0.5) is 30.6 Å². The first kappa shape index (κ1) is 37.6. The number of carbonyl (C=O) groups is 2. The molecule has 1 unspecified atom stereocenters. The average molecular weight is 774 g/mol. The SMILES string of the molecule is CC(=N)/C=C\Nc1cc(Br)ccc1[C@@H](Oc1cc(N2CCC3(CC2)CC(CCC(=O)OCc2ccccc2)[C@H](C(=O)O)C3)nc(N)n1)C(F)(F)F. The maximum atomic E-state index is 14.5. The molecule has 1 aromatic heterocycles. The fourth-order valence-electron chi connectivity index (χ4n) is 6.96. The minimum atomic E-state index is -4.83. The number of aromatic nitrogens is 2. The molecule has 2 aliphatic rings. The second-order valence-corrected chi connectivity index (χ2v) is 14.1. The molecule has 2 heterocycles. The lowest BCUT2D eigenvalue weighted by molar-refractivity contribution is -0.198. The highest BCUT2D eigenvalue weighted by molar-refractivity contribution is 9.10. The van der Waals surface area contributed by atoms with E-state index in [-0.39, 0.29) is 59.1 Å². The number of nitrogens with one attached hydrogen (secondary N) is 2. The van der Waals surface area contributed by atoms with Crippen LogP contribution in [0.3, 0.4) is 0 Å². The van der Waals surface area contributed by atoms with E-state index in [1.807, 2.05) is 35.2 Å². The highest BCUT2D eigenvalue weighted by Crippen LogP contribution is 2.53. The van der Waals surface area contributed by atoms with Crippen LogP contribution in [0.15, 0.2) is 71.3 Å². The summed E-state index contributed by atoms with van der Waals surface area (Å²) in [4.78, 5) is 34.9. The number of hydrogen-bond donors (Lipinski definition) is 4. The van der Waals surface area contributed by atoms with E-state index in [4.69, 9.17) is 20.6 Å². The van der Waals surface area contributed by atoms with E-state index in [1.165, 1.54) is 43.5 Å². The molecule has 15 heteroatoms. The largest absolute Gasteiger partial charge is 0.481 e. The van der Waals surface area contributed by atoms with Crippen molar-refractivity contribution in [2.75, 3.05) is 29.0 Å². The van der Waals surface area contributed by atoms with Crippen LogP contribution in [0.1, 0.15) is 62.7 Å². The minimum absolute atomic E-state index is 0.117. The Kier molecular flexibility index (Phi) is 11.9. The first-order valence-electron chi connectivity index (χ1n) is 16.5. The van der Waals surface area contributed by atoms with Gasteiger partial charge in [0, 0.05) is 53.2 Å². The van der Waals surface area contributed by atoms with Gasteiger partial charge in [-0.2, -0.15) is 23.1 Å². The normalized spacial score (nSPS) is 19.2. The monoisotopic (exact) mass is 772 g/mol. The number of esters is 1. The molecule has 1 spiro atoms. The third-order valence-electron chi connectivity index (χ3n) is 9.46. The van der Waals surface area contributed by atoms with Crippen molar-refractivity contribution in [2.24, 2.45) is 17.3 Å². The first-order valence-corrected chi connectivity index (χ1v) is 17.3. The number of nitrogens with two attached hydrogens (primary N) is 1. The summed E-state index contributed by atoms with van der Waals surface area (Å²) in [5, 5.41) is 20.4. The van der Waals surface area contributed by atoms with E-state index in [0.29, 0.717) is 55.5 Å². The van der Waals surface area contributed by atoms with Crippen molar-refractivity contribution in [3.05, 3.63) is 82.5 Å². The molecule has 1 saturated carbocycles. The van der Waals surface area contributed by atoms with Gasteiger partial charge in [-0.1, -0.05) is 52.3 Å². The number of benzene rings is 2. The number of ether oxygens (including phenoxy) is 2. The third-order valence-corrected chi connectivity index (χ3v) is 9.95. The molecule has 0 radical (unpaired) electrons. The number of carboxylic acids is 1. The van der Waals surface area contributed by atoms with Crippen LogP contribution in [0.2, 0.25) is 0 Å². The predicted molar refractivity (Wildman–Crippen MR) is 189 cm³/mol. The summed E-state index contributed by atoms with van der Waals surface area (Å²) in [6, 6.07) is 14.9. The Morgan fingerprint density at radius 1 is 1.16 bits per heavy atom. The van der Waals surface area contributed by atoms with Gasteiger partial charge >= 0.3 is 18.1 Å². The van der Waals surface area contributed by atoms with Crippen LogP contribution in [0, 0.1) is 22.7 Å². The molecular weight excluding hydrogens is 733 g/mol. The fourth-order valence-corrected chi connectivity index (χ4v) is 7.32. The zero-order chi connectivity index (χ0) is 36.8. The van der Waals surface area contributed by atoms with Gasteiger partial charge in [-0.3, -0.25) is 9.59 Å². The molecule has 0 bridgehead atoms. The molecule has 51 heavy (non-hydrogen) atoms. The number of nitrogen functional groups attached to an aromatic ring is 1. The molecule has 3 aromatic rings. The molecule has 272 valence electrons. The molecule has 5 rings (SSSR count). The predicted octanol–water partition coefficient (Wildman–Crippen LogP) is 7.69. The van der Waals surface area contributed by atoms with Gasteiger partial charge in [0.1, 0.15) is 12.4 Å². The van der Waals surface area contributed by atoms with Crippen LogP contribution in [-0.2, 0) is 20.9 Å². The number of anilines is 3. The zero-order valence-electron chi connectivity index (χ0n) is 28.0. The maximum absolute atomic E-state index is 14.5. The molecule has 2 fully saturated rings. The number of hydrogen-bond acceptors (Lipinski definition) is 10. The van der Waals surface area contributed by atoms with Crippen molar-refractivity contribution in [1.29, 1.82) is 5.41 Å². The number of allylic oxidation sites excluding steroid dienone is 1. The van der Waals surface area contributed by atoms with Gasteiger partial charge in [-0.25, -0.2) is 0 Å².